The highest BCUT2D eigenvalue weighted by atomic mass is 16.5. The molecule has 0 atom stereocenters. The molecule has 0 saturated carbocycles. The Morgan fingerprint density at radius 1 is 0.758 bits per heavy atom. The molecule has 0 aliphatic heterocycles. The second-order valence-corrected chi connectivity index (χ2v) is 10.2. The number of hydrazine groups is 1. The van der Waals surface area contributed by atoms with Crippen LogP contribution in [0.2, 0.25) is 0 Å². The Morgan fingerprint density at radius 3 is 1.64 bits per heavy atom. The van der Waals surface area contributed by atoms with Crippen LogP contribution < -0.4 is 20.3 Å². The van der Waals surface area contributed by atoms with Crippen molar-refractivity contribution in [2.45, 2.75) is 66.2 Å². The van der Waals surface area contributed by atoms with Crippen molar-refractivity contribution in [1.29, 1.82) is 0 Å². The van der Waals surface area contributed by atoms with Crippen LogP contribution in [0, 0.1) is 5.41 Å². The Kier molecular flexibility index (Phi) is 9.32. The van der Waals surface area contributed by atoms with Crippen LogP contribution in [0.5, 0.6) is 11.5 Å². The molecule has 180 valence electrons. The maximum atomic E-state index is 12.0. The molecule has 0 spiro atoms. The second-order valence-electron chi connectivity index (χ2n) is 10.2. The molecule has 33 heavy (non-hydrogen) atoms. The number of aryl methyl sites for hydroxylation is 1. The quantitative estimate of drug-likeness (QED) is 0.498. The number of carbonyl (C=O) groups is 2. The molecule has 6 heteroatoms. The Bertz CT molecular complexity index is 897. The lowest BCUT2D eigenvalue weighted by Gasteiger charge is -2.33. The number of amides is 2. The molecule has 2 rings (SSSR count). The lowest BCUT2D eigenvalue weighted by molar-refractivity contribution is -0.131. The first-order valence-corrected chi connectivity index (χ1v) is 11.5. The molecule has 0 radical (unpaired) electrons. The van der Waals surface area contributed by atoms with Gasteiger partial charge in [0, 0.05) is 0 Å². The van der Waals surface area contributed by atoms with Gasteiger partial charge in [0.15, 0.2) is 13.2 Å². The summed E-state index contributed by atoms with van der Waals surface area (Å²) in [5, 5.41) is 0. The zero-order valence-corrected chi connectivity index (χ0v) is 20.8. The molecule has 2 aromatic rings. The minimum atomic E-state index is -0.454. The molecule has 0 unspecified atom stereocenters. The van der Waals surface area contributed by atoms with Crippen LogP contribution in [0.4, 0.5) is 0 Å². The zero-order chi connectivity index (χ0) is 24.5. The summed E-state index contributed by atoms with van der Waals surface area (Å²) in [7, 11) is 0. The number of ether oxygens (including phenoxy) is 2. The van der Waals surface area contributed by atoms with Crippen LogP contribution in [-0.4, -0.2) is 25.0 Å². The molecule has 0 fully saturated rings. The average Bonchev–Trinajstić information content (AvgIpc) is 2.74. The predicted octanol–water partition coefficient (Wildman–Crippen LogP) is 4.96. The van der Waals surface area contributed by atoms with Crippen LogP contribution in [0.15, 0.2) is 48.5 Å². The number of nitrogens with one attached hydrogen (secondary N) is 2. The second kappa shape index (κ2) is 11.7. The van der Waals surface area contributed by atoms with Gasteiger partial charge in [-0.2, -0.15) is 0 Å². The minimum absolute atomic E-state index is 0.0397. The fraction of sp³-hybridized carbons (Fsp3) is 0.481. The summed E-state index contributed by atoms with van der Waals surface area (Å²) < 4.78 is 11.0. The first kappa shape index (κ1) is 26.2. The highest BCUT2D eigenvalue weighted by Crippen LogP contribution is 2.36. The van der Waals surface area contributed by atoms with Crippen LogP contribution in [0.3, 0.4) is 0 Å². The van der Waals surface area contributed by atoms with E-state index in [1.165, 1.54) is 11.1 Å². The molecule has 2 N–H and O–H groups in total. The first-order chi connectivity index (χ1) is 15.5. The number of rotatable bonds is 10. The van der Waals surface area contributed by atoms with Crippen molar-refractivity contribution >= 4 is 11.8 Å². The van der Waals surface area contributed by atoms with E-state index in [9.17, 15) is 9.59 Å². The Balaban J connectivity index is 1.71. The maximum absolute atomic E-state index is 12.0. The van der Waals surface area contributed by atoms with E-state index in [0.717, 1.165) is 19.3 Å². The molecule has 0 aliphatic rings. The monoisotopic (exact) mass is 454 g/mol. The van der Waals surface area contributed by atoms with E-state index in [1.807, 2.05) is 48.5 Å². The Labute approximate surface area is 198 Å². The smallest absolute Gasteiger partial charge is 0.276 e. The molecule has 2 amide bonds. The summed E-state index contributed by atoms with van der Waals surface area (Å²) in [6, 6.07) is 15.4. The summed E-state index contributed by atoms with van der Waals surface area (Å²) in [6.45, 7) is 12.9. The fourth-order valence-corrected chi connectivity index (χ4v) is 3.98. The van der Waals surface area contributed by atoms with Crippen molar-refractivity contribution < 1.29 is 19.1 Å². The van der Waals surface area contributed by atoms with Gasteiger partial charge in [-0.15, -0.1) is 0 Å². The van der Waals surface area contributed by atoms with Gasteiger partial charge < -0.3 is 9.47 Å². The van der Waals surface area contributed by atoms with Crippen LogP contribution in [0.25, 0.3) is 0 Å². The van der Waals surface area contributed by atoms with E-state index in [2.05, 4.69) is 52.4 Å². The van der Waals surface area contributed by atoms with Gasteiger partial charge in [-0.1, -0.05) is 72.2 Å². The molecular formula is C27H38N2O4. The van der Waals surface area contributed by atoms with E-state index in [-0.39, 0.29) is 24.0 Å². The van der Waals surface area contributed by atoms with Crippen LogP contribution in [-0.2, 0) is 21.4 Å². The summed E-state index contributed by atoms with van der Waals surface area (Å²) >= 11 is 0. The van der Waals surface area contributed by atoms with Gasteiger partial charge in [0.1, 0.15) is 11.5 Å². The number of hydrogen-bond acceptors (Lipinski definition) is 4. The van der Waals surface area contributed by atoms with Crippen molar-refractivity contribution in [2.24, 2.45) is 5.41 Å². The van der Waals surface area contributed by atoms with Gasteiger partial charge in [0.25, 0.3) is 11.8 Å². The number of carbonyl (C=O) groups excluding carboxylic acids is 2. The summed E-state index contributed by atoms with van der Waals surface area (Å²) in [5.41, 5.74) is 7.38. The molecule has 0 heterocycles. The van der Waals surface area contributed by atoms with E-state index in [1.54, 1.807) is 0 Å². The predicted molar refractivity (Wildman–Crippen MR) is 131 cm³/mol. The van der Waals surface area contributed by atoms with Crippen molar-refractivity contribution in [3.8, 4) is 11.5 Å². The van der Waals surface area contributed by atoms with Gasteiger partial charge in [0.05, 0.1) is 0 Å². The third-order valence-corrected chi connectivity index (χ3v) is 5.15. The van der Waals surface area contributed by atoms with E-state index >= 15 is 0 Å². The average molecular weight is 455 g/mol. The van der Waals surface area contributed by atoms with Crippen molar-refractivity contribution in [1.82, 2.24) is 10.9 Å². The summed E-state index contributed by atoms with van der Waals surface area (Å²) in [5.74, 6) is 0.297. The highest BCUT2D eigenvalue weighted by Gasteiger charge is 2.27. The fourth-order valence-electron chi connectivity index (χ4n) is 3.98. The van der Waals surface area contributed by atoms with Gasteiger partial charge in [-0.05, 0) is 59.1 Å². The number of hydrogen-bond donors (Lipinski definition) is 2. The molecule has 2 aromatic carbocycles. The molecular weight excluding hydrogens is 416 g/mol. The lowest BCUT2D eigenvalue weighted by atomic mass is 9.72. The molecule has 0 bridgehead atoms. The normalized spacial score (nSPS) is 11.6. The molecule has 0 saturated heterocycles. The van der Waals surface area contributed by atoms with Gasteiger partial charge >= 0.3 is 0 Å². The largest absolute Gasteiger partial charge is 0.484 e. The van der Waals surface area contributed by atoms with Gasteiger partial charge in [0.2, 0.25) is 0 Å². The molecule has 0 aliphatic carbocycles. The minimum Gasteiger partial charge on any atom is -0.484 e. The maximum Gasteiger partial charge on any atom is 0.276 e. The Morgan fingerprint density at radius 2 is 1.21 bits per heavy atom. The highest BCUT2D eigenvalue weighted by molar-refractivity contribution is 5.83. The standard InChI is InChI=1S/C27H38N2O4/c1-7-8-20-9-13-22(14-10-20)32-17-24(30)28-29-25(31)18-33-23-15-11-21(12-16-23)27(5,6)19-26(2,3)4/h9-16H,7-8,17-19H2,1-6H3,(H,28,30)(H,29,31). The van der Waals surface area contributed by atoms with Crippen LogP contribution in [0.1, 0.15) is 65.5 Å². The number of benzene rings is 2. The molecule has 6 nitrogen and oxygen atoms in total. The van der Waals surface area contributed by atoms with Gasteiger partial charge in [-0.3, -0.25) is 20.4 Å². The van der Waals surface area contributed by atoms with Crippen molar-refractivity contribution in [3.63, 3.8) is 0 Å². The van der Waals surface area contributed by atoms with Gasteiger partial charge in [-0.25, -0.2) is 0 Å². The van der Waals surface area contributed by atoms with Crippen LogP contribution >= 0.6 is 0 Å². The summed E-state index contributed by atoms with van der Waals surface area (Å²) in [6.07, 6.45) is 3.14. The summed E-state index contributed by atoms with van der Waals surface area (Å²) in [4.78, 5) is 23.9. The first-order valence-electron chi connectivity index (χ1n) is 11.5. The molecule has 0 aromatic heterocycles. The third-order valence-electron chi connectivity index (χ3n) is 5.15. The van der Waals surface area contributed by atoms with Crippen molar-refractivity contribution in [2.75, 3.05) is 13.2 Å². The lowest BCUT2D eigenvalue weighted by Crippen LogP contribution is -2.45. The van der Waals surface area contributed by atoms with E-state index in [0.29, 0.717) is 11.5 Å². The topological polar surface area (TPSA) is 76.7 Å². The third kappa shape index (κ3) is 9.56. The Hall–Kier alpha value is -3.02. The van der Waals surface area contributed by atoms with E-state index < -0.39 is 11.8 Å². The zero-order valence-electron chi connectivity index (χ0n) is 20.8. The SMILES string of the molecule is CCCc1ccc(OCC(=O)NNC(=O)COc2ccc(C(C)(C)CC(C)(C)C)cc2)cc1. The van der Waals surface area contributed by atoms with Crippen molar-refractivity contribution in [3.05, 3.63) is 59.7 Å². The van der Waals surface area contributed by atoms with E-state index in [4.69, 9.17) is 9.47 Å².